The molecule has 5 rings (SSSR count). The number of benzene rings is 2. The van der Waals surface area contributed by atoms with Crippen LogP contribution in [0.4, 0.5) is 0 Å². The van der Waals surface area contributed by atoms with Crippen LogP contribution in [0.2, 0.25) is 0 Å². The maximum Gasteiger partial charge on any atom is 0.309 e. The van der Waals surface area contributed by atoms with Gasteiger partial charge in [-0.1, -0.05) is 62.4 Å². The highest BCUT2D eigenvalue weighted by Gasteiger charge is 2.54. The molecular weight excluding hydrogens is 374 g/mol. The van der Waals surface area contributed by atoms with Gasteiger partial charge in [-0.25, -0.2) is 0 Å². The maximum absolute atomic E-state index is 12.7. The van der Waals surface area contributed by atoms with Gasteiger partial charge in [0.2, 0.25) is 0 Å². The molecule has 0 aromatic heterocycles. The molecule has 0 saturated carbocycles. The van der Waals surface area contributed by atoms with Crippen LogP contribution in [-0.2, 0) is 20.7 Å². The number of piperidine rings is 1. The van der Waals surface area contributed by atoms with Gasteiger partial charge in [0.25, 0.3) is 0 Å². The van der Waals surface area contributed by atoms with Gasteiger partial charge in [0.05, 0.1) is 24.7 Å². The van der Waals surface area contributed by atoms with E-state index in [9.17, 15) is 4.79 Å². The Labute approximate surface area is 179 Å². The lowest BCUT2D eigenvalue weighted by Crippen LogP contribution is -2.44. The lowest BCUT2D eigenvalue weighted by atomic mass is 9.84. The molecule has 0 amide bonds. The van der Waals surface area contributed by atoms with Gasteiger partial charge in [-0.15, -0.1) is 0 Å². The molecule has 0 spiro atoms. The summed E-state index contributed by atoms with van der Waals surface area (Å²) in [4.78, 5) is 15.2. The zero-order valence-corrected chi connectivity index (χ0v) is 18.1. The van der Waals surface area contributed by atoms with Crippen molar-refractivity contribution in [3.8, 4) is 0 Å². The molecule has 4 nitrogen and oxygen atoms in total. The monoisotopic (exact) mass is 405 g/mol. The summed E-state index contributed by atoms with van der Waals surface area (Å²) in [5.74, 6) is 0.280. The average Bonchev–Trinajstić information content (AvgIpc) is 3.28. The molecule has 30 heavy (non-hydrogen) atoms. The highest BCUT2D eigenvalue weighted by molar-refractivity contribution is 5.72. The van der Waals surface area contributed by atoms with Crippen molar-refractivity contribution in [2.24, 2.45) is 5.92 Å². The number of nitrogens with zero attached hydrogens (tertiary/aromatic N) is 1. The highest BCUT2D eigenvalue weighted by atomic mass is 16.5. The van der Waals surface area contributed by atoms with Crippen LogP contribution in [0.15, 0.2) is 48.5 Å². The summed E-state index contributed by atoms with van der Waals surface area (Å²) in [5, 5.41) is 0. The van der Waals surface area contributed by atoms with Gasteiger partial charge in [0.1, 0.15) is 6.23 Å². The Morgan fingerprint density at radius 2 is 1.93 bits per heavy atom. The largest absolute Gasteiger partial charge is 0.466 e. The molecule has 158 valence electrons. The van der Waals surface area contributed by atoms with Gasteiger partial charge in [-0.2, -0.15) is 0 Å². The molecule has 2 aromatic carbocycles. The van der Waals surface area contributed by atoms with Crippen molar-refractivity contribution in [2.75, 3.05) is 6.61 Å². The standard InChI is InChI=1S/C26H31NO3/c1-4-29-26(28)19-13-21(17-9-6-5-7-10-17)27-23(15-19)30-22-14-18-11-8-12-20(16(2)3)24(18)25(22)27/h5-12,16,19,21-23,25H,4,13-15H2,1-3H3/t19-,21-,22+,23+,25+/m0/s1. The number of rotatable bonds is 4. The fourth-order valence-corrected chi connectivity index (χ4v) is 5.84. The third kappa shape index (κ3) is 3.17. The van der Waals surface area contributed by atoms with Crippen LogP contribution in [0.5, 0.6) is 0 Å². The van der Waals surface area contributed by atoms with Crippen LogP contribution < -0.4 is 0 Å². The molecule has 2 aliphatic heterocycles. The van der Waals surface area contributed by atoms with Crippen LogP contribution in [-0.4, -0.2) is 29.8 Å². The lowest BCUT2D eigenvalue weighted by Gasteiger charge is -2.42. The molecule has 0 N–H and O–H groups in total. The number of carbonyl (C=O) groups excluding carboxylic acids is 1. The van der Waals surface area contributed by atoms with Gasteiger partial charge in [-0.05, 0) is 41.5 Å². The SMILES string of the molecule is CCOC(=O)[C@@H]1C[C@H]2O[C@@H]3Cc4cccc(C(C)C)c4[C@@H]3N2[C@H](c2ccccc2)C1. The normalized spacial score (nSPS) is 30.1. The second kappa shape index (κ2) is 7.82. The van der Waals surface area contributed by atoms with Crippen molar-refractivity contribution in [3.63, 3.8) is 0 Å². The summed E-state index contributed by atoms with van der Waals surface area (Å²) in [6.07, 6.45) is 2.58. The van der Waals surface area contributed by atoms with E-state index < -0.39 is 0 Å². The fourth-order valence-electron chi connectivity index (χ4n) is 5.84. The van der Waals surface area contributed by atoms with Gasteiger partial charge in [-0.3, -0.25) is 9.69 Å². The van der Waals surface area contributed by atoms with Crippen molar-refractivity contribution in [1.29, 1.82) is 0 Å². The van der Waals surface area contributed by atoms with Gasteiger partial charge < -0.3 is 9.47 Å². The molecule has 0 unspecified atom stereocenters. The number of hydrogen-bond donors (Lipinski definition) is 0. The summed E-state index contributed by atoms with van der Waals surface area (Å²) >= 11 is 0. The minimum Gasteiger partial charge on any atom is -0.466 e. The summed E-state index contributed by atoms with van der Waals surface area (Å²) in [7, 11) is 0. The van der Waals surface area contributed by atoms with Crippen LogP contribution in [0.25, 0.3) is 0 Å². The number of hydrogen-bond acceptors (Lipinski definition) is 4. The minimum atomic E-state index is -0.116. The van der Waals surface area contributed by atoms with E-state index in [0.29, 0.717) is 18.9 Å². The molecule has 0 radical (unpaired) electrons. The van der Waals surface area contributed by atoms with Crippen LogP contribution in [0.3, 0.4) is 0 Å². The molecule has 2 fully saturated rings. The van der Waals surface area contributed by atoms with Crippen molar-refractivity contribution in [1.82, 2.24) is 4.90 Å². The van der Waals surface area contributed by atoms with E-state index in [1.165, 1.54) is 22.3 Å². The van der Waals surface area contributed by atoms with Crippen molar-refractivity contribution in [2.45, 2.75) is 70.4 Å². The first kappa shape index (κ1) is 19.8. The first-order chi connectivity index (χ1) is 14.6. The smallest absolute Gasteiger partial charge is 0.309 e. The predicted molar refractivity (Wildman–Crippen MR) is 116 cm³/mol. The van der Waals surface area contributed by atoms with Crippen LogP contribution in [0.1, 0.15) is 73.9 Å². The van der Waals surface area contributed by atoms with Crippen molar-refractivity contribution in [3.05, 3.63) is 70.8 Å². The fraction of sp³-hybridized carbons (Fsp3) is 0.500. The third-order valence-electron chi connectivity index (χ3n) is 7.06. The van der Waals surface area contributed by atoms with Gasteiger partial charge in [0.15, 0.2) is 0 Å². The number of ether oxygens (including phenoxy) is 2. The molecule has 2 aromatic rings. The number of carbonyl (C=O) groups is 1. The Morgan fingerprint density at radius 3 is 2.67 bits per heavy atom. The van der Waals surface area contributed by atoms with E-state index in [-0.39, 0.29) is 36.3 Å². The molecule has 4 heteroatoms. The maximum atomic E-state index is 12.7. The second-order valence-electron chi connectivity index (χ2n) is 9.15. The van der Waals surface area contributed by atoms with E-state index in [1.807, 2.05) is 6.92 Å². The Hall–Kier alpha value is -2.17. The second-order valence-corrected chi connectivity index (χ2v) is 9.15. The van der Waals surface area contributed by atoms with Gasteiger partial charge in [0, 0.05) is 18.9 Å². The van der Waals surface area contributed by atoms with E-state index >= 15 is 0 Å². The minimum absolute atomic E-state index is 0.0401. The molecular formula is C26H31NO3. The number of esters is 1. The van der Waals surface area contributed by atoms with Gasteiger partial charge >= 0.3 is 5.97 Å². The first-order valence-corrected chi connectivity index (χ1v) is 11.3. The Morgan fingerprint density at radius 1 is 1.13 bits per heavy atom. The molecule has 3 aliphatic rings. The average molecular weight is 406 g/mol. The van der Waals surface area contributed by atoms with Crippen molar-refractivity contribution < 1.29 is 14.3 Å². The first-order valence-electron chi connectivity index (χ1n) is 11.3. The summed E-state index contributed by atoms with van der Waals surface area (Å²) in [6, 6.07) is 17.8. The Bertz CT molecular complexity index is 925. The molecule has 2 saturated heterocycles. The summed E-state index contributed by atoms with van der Waals surface area (Å²) in [5.41, 5.74) is 5.59. The zero-order chi connectivity index (χ0) is 20.8. The summed E-state index contributed by atoms with van der Waals surface area (Å²) in [6.45, 7) is 6.86. The molecule has 2 heterocycles. The van der Waals surface area contributed by atoms with E-state index in [4.69, 9.17) is 9.47 Å². The summed E-state index contributed by atoms with van der Waals surface area (Å²) < 4.78 is 12.0. The van der Waals surface area contributed by atoms with Crippen LogP contribution in [0, 0.1) is 5.92 Å². The third-order valence-corrected chi connectivity index (χ3v) is 7.06. The molecule has 0 bridgehead atoms. The highest BCUT2D eigenvalue weighted by Crippen LogP contribution is 2.54. The van der Waals surface area contributed by atoms with Crippen molar-refractivity contribution >= 4 is 5.97 Å². The molecule has 1 aliphatic carbocycles. The number of fused-ring (bicyclic) bond motifs is 5. The zero-order valence-electron chi connectivity index (χ0n) is 18.1. The quantitative estimate of drug-likeness (QED) is 0.660. The topological polar surface area (TPSA) is 38.8 Å². The van der Waals surface area contributed by atoms with Crippen LogP contribution >= 0.6 is 0 Å². The predicted octanol–water partition coefficient (Wildman–Crippen LogP) is 5.15. The molecule has 5 atom stereocenters. The van der Waals surface area contributed by atoms with E-state index in [2.05, 4.69) is 67.3 Å². The van der Waals surface area contributed by atoms with E-state index in [1.54, 1.807) is 0 Å². The van der Waals surface area contributed by atoms with E-state index in [0.717, 1.165) is 12.8 Å². The lowest BCUT2D eigenvalue weighted by molar-refractivity contribution is -0.155. The Balaban J connectivity index is 1.56. The Kier molecular flexibility index (Phi) is 5.16.